The normalized spacial score (nSPS) is 13.4. The second-order valence-corrected chi connectivity index (χ2v) is 10.4. The van der Waals surface area contributed by atoms with E-state index in [9.17, 15) is 29.4 Å². The van der Waals surface area contributed by atoms with Crippen LogP contribution in [0.4, 0.5) is 0 Å². The molecule has 3 rings (SSSR count). The monoisotopic (exact) mass is 621 g/mol. The standard InChI is InChI=1S/C30H39N9O6/c31-22(13-19-8-10-21(40)11-9-19)26(41)37-23(7-4-12-35-30(32)33)27(42)38-24(14-18-5-2-1-3-6-18)28(43)39-25(29(44)45)15-20-16-34-17-36-20/h1-3,5-6,8-11,16-17,22-25,40H,4,7,12-15,31H2,(H,34,36)(H,37,41)(H,38,42)(H,39,43)(H,44,45)(H4,32,33,35). The number of imidazole rings is 1. The average molecular weight is 622 g/mol. The van der Waals surface area contributed by atoms with Crippen molar-refractivity contribution in [2.24, 2.45) is 22.2 Å². The molecule has 2 aromatic carbocycles. The third-order valence-electron chi connectivity index (χ3n) is 6.82. The zero-order valence-electron chi connectivity index (χ0n) is 24.6. The third-order valence-corrected chi connectivity index (χ3v) is 6.82. The summed E-state index contributed by atoms with van der Waals surface area (Å²) in [4.78, 5) is 62.7. The molecule has 1 aromatic heterocycles. The largest absolute Gasteiger partial charge is 0.508 e. The quantitative estimate of drug-likeness (QED) is 0.0507. The number of aromatic amines is 1. The van der Waals surface area contributed by atoms with Crippen LogP contribution < -0.4 is 33.2 Å². The number of aliphatic carboxylic acids is 1. The number of aliphatic imine (C=N–C) groups is 1. The number of hydrogen-bond acceptors (Lipinski definition) is 8. The molecular weight excluding hydrogens is 582 g/mol. The number of hydrogen-bond donors (Lipinski definition) is 9. The fraction of sp³-hybridized carbons (Fsp3) is 0.333. The molecule has 1 heterocycles. The van der Waals surface area contributed by atoms with E-state index in [4.69, 9.17) is 17.2 Å². The van der Waals surface area contributed by atoms with Crippen molar-refractivity contribution >= 4 is 29.7 Å². The van der Waals surface area contributed by atoms with Crippen molar-refractivity contribution in [3.63, 3.8) is 0 Å². The zero-order chi connectivity index (χ0) is 32.8. The first-order valence-corrected chi connectivity index (χ1v) is 14.3. The Kier molecular flexibility index (Phi) is 12.9. The van der Waals surface area contributed by atoms with Crippen molar-refractivity contribution in [3.05, 3.63) is 83.9 Å². The number of nitrogens with one attached hydrogen (secondary N) is 4. The van der Waals surface area contributed by atoms with Gasteiger partial charge in [-0.1, -0.05) is 42.5 Å². The van der Waals surface area contributed by atoms with E-state index in [1.807, 2.05) is 0 Å². The molecule has 0 radical (unpaired) electrons. The van der Waals surface area contributed by atoms with Gasteiger partial charge in [-0.05, 0) is 42.5 Å². The number of carbonyl (C=O) groups is 4. The number of amides is 3. The van der Waals surface area contributed by atoms with Gasteiger partial charge in [0.25, 0.3) is 0 Å². The highest BCUT2D eigenvalue weighted by molar-refractivity contribution is 5.94. The summed E-state index contributed by atoms with van der Waals surface area (Å²) < 4.78 is 0. The van der Waals surface area contributed by atoms with Crippen LogP contribution in [-0.4, -0.2) is 80.5 Å². The van der Waals surface area contributed by atoms with Crippen LogP contribution in [0, 0.1) is 0 Å². The second kappa shape index (κ2) is 17.0. The molecule has 0 saturated heterocycles. The SMILES string of the molecule is NC(N)=NCCCC(NC(=O)C(N)Cc1ccc(O)cc1)C(=O)NC(Cc1ccccc1)C(=O)NC(Cc1cnc[nH]1)C(=O)O. The Morgan fingerprint density at radius 1 is 0.822 bits per heavy atom. The molecule has 0 saturated carbocycles. The Morgan fingerprint density at radius 2 is 1.44 bits per heavy atom. The number of guanidine groups is 1. The number of nitrogens with two attached hydrogens (primary N) is 3. The number of carboxylic acids is 1. The number of carboxylic acid groups (broad SMARTS) is 1. The first-order valence-electron chi connectivity index (χ1n) is 14.3. The van der Waals surface area contributed by atoms with Gasteiger partial charge in [0.05, 0.1) is 12.4 Å². The molecule has 3 amide bonds. The molecule has 0 aliphatic carbocycles. The van der Waals surface area contributed by atoms with E-state index in [2.05, 4.69) is 30.9 Å². The van der Waals surface area contributed by atoms with E-state index in [0.717, 1.165) is 0 Å². The van der Waals surface area contributed by atoms with E-state index in [1.165, 1.54) is 24.7 Å². The van der Waals surface area contributed by atoms with Crippen molar-refractivity contribution in [1.82, 2.24) is 25.9 Å². The van der Waals surface area contributed by atoms with Crippen LogP contribution in [-0.2, 0) is 38.4 Å². The van der Waals surface area contributed by atoms with E-state index in [-0.39, 0.29) is 43.9 Å². The lowest BCUT2D eigenvalue weighted by Gasteiger charge is -2.25. The molecule has 0 spiro atoms. The maximum atomic E-state index is 13.6. The van der Waals surface area contributed by atoms with Crippen molar-refractivity contribution < 1.29 is 29.4 Å². The summed E-state index contributed by atoms with van der Waals surface area (Å²) in [6.07, 6.45) is 3.39. The van der Waals surface area contributed by atoms with Crippen molar-refractivity contribution in [3.8, 4) is 5.75 Å². The van der Waals surface area contributed by atoms with E-state index >= 15 is 0 Å². The van der Waals surface area contributed by atoms with Crippen molar-refractivity contribution in [2.75, 3.05) is 6.54 Å². The first-order chi connectivity index (χ1) is 21.5. The number of rotatable bonds is 17. The van der Waals surface area contributed by atoms with Crippen LogP contribution in [0.1, 0.15) is 29.7 Å². The molecule has 0 aliphatic heterocycles. The Bertz CT molecular complexity index is 1430. The third kappa shape index (κ3) is 11.6. The summed E-state index contributed by atoms with van der Waals surface area (Å²) in [5.41, 5.74) is 18.8. The first kappa shape index (κ1) is 34.1. The number of phenols is 1. The van der Waals surface area contributed by atoms with Gasteiger partial charge >= 0.3 is 5.97 Å². The molecule has 15 heteroatoms. The Balaban J connectivity index is 1.77. The molecule has 4 unspecified atom stereocenters. The van der Waals surface area contributed by atoms with Crippen molar-refractivity contribution in [2.45, 2.75) is 56.3 Å². The summed E-state index contributed by atoms with van der Waals surface area (Å²) in [6.45, 7) is 0.184. The fourth-order valence-corrected chi connectivity index (χ4v) is 4.45. The number of H-pyrrole nitrogens is 1. The summed E-state index contributed by atoms with van der Waals surface area (Å²) in [5.74, 6) is -3.34. The molecule has 0 aliphatic rings. The average Bonchev–Trinajstić information content (AvgIpc) is 3.52. The van der Waals surface area contributed by atoms with Gasteiger partial charge in [-0.2, -0.15) is 0 Å². The molecule has 45 heavy (non-hydrogen) atoms. The van der Waals surface area contributed by atoms with Crippen LogP contribution >= 0.6 is 0 Å². The summed E-state index contributed by atoms with van der Waals surface area (Å²) in [5, 5.41) is 27.1. The number of nitrogens with zero attached hydrogens (tertiary/aromatic N) is 2. The van der Waals surface area contributed by atoms with Gasteiger partial charge in [0, 0.05) is 31.3 Å². The minimum absolute atomic E-state index is 0.0455. The van der Waals surface area contributed by atoms with Crippen molar-refractivity contribution in [1.29, 1.82) is 0 Å². The number of aromatic hydroxyl groups is 1. The molecule has 0 fully saturated rings. The minimum Gasteiger partial charge on any atom is -0.508 e. The van der Waals surface area contributed by atoms with Crippen LogP contribution in [0.3, 0.4) is 0 Å². The maximum absolute atomic E-state index is 13.6. The summed E-state index contributed by atoms with van der Waals surface area (Å²) in [6, 6.07) is 10.4. The van der Waals surface area contributed by atoms with Crippen LogP contribution in [0.5, 0.6) is 5.75 Å². The van der Waals surface area contributed by atoms with Gasteiger partial charge in [0.15, 0.2) is 5.96 Å². The highest BCUT2D eigenvalue weighted by Crippen LogP contribution is 2.12. The van der Waals surface area contributed by atoms with E-state index in [0.29, 0.717) is 23.2 Å². The predicted molar refractivity (Wildman–Crippen MR) is 166 cm³/mol. The van der Waals surface area contributed by atoms with Gasteiger partial charge in [-0.25, -0.2) is 9.78 Å². The molecule has 0 bridgehead atoms. The number of aromatic nitrogens is 2. The number of carbonyl (C=O) groups excluding carboxylic acids is 3. The highest BCUT2D eigenvalue weighted by atomic mass is 16.4. The Labute approximate surface area is 259 Å². The number of benzene rings is 2. The van der Waals surface area contributed by atoms with Gasteiger partial charge in [-0.15, -0.1) is 0 Å². The van der Waals surface area contributed by atoms with E-state index in [1.54, 1.807) is 42.5 Å². The topological polar surface area (TPSA) is 264 Å². The van der Waals surface area contributed by atoms with Gasteiger partial charge < -0.3 is 48.3 Å². The Hall–Kier alpha value is -5.44. The molecule has 12 N–H and O–H groups in total. The smallest absolute Gasteiger partial charge is 0.326 e. The molecule has 15 nitrogen and oxygen atoms in total. The summed E-state index contributed by atoms with van der Waals surface area (Å²) in [7, 11) is 0. The molecule has 240 valence electrons. The van der Waals surface area contributed by atoms with Crippen LogP contribution in [0.2, 0.25) is 0 Å². The zero-order valence-corrected chi connectivity index (χ0v) is 24.6. The lowest BCUT2D eigenvalue weighted by Crippen LogP contribution is -2.58. The van der Waals surface area contributed by atoms with Gasteiger partial charge in [0.2, 0.25) is 17.7 Å². The lowest BCUT2D eigenvalue weighted by atomic mass is 10.0. The molecular formula is C30H39N9O6. The number of phenolic OH excluding ortho intramolecular Hbond substituents is 1. The van der Waals surface area contributed by atoms with E-state index < -0.39 is 47.9 Å². The molecule has 3 aromatic rings. The van der Waals surface area contributed by atoms with Gasteiger partial charge in [-0.3, -0.25) is 19.4 Å². The maximum Gasteiger partial charge on any atom is 0.326 e. The minimum atomic E-state index is -1.30. The van der Waals surface area contributed by atoms with Crippen LogP contribution in [0.25, 0.3) is 0 Å². The van der Waals surface area contributed by atoms with Crippen LogP contribution in [0.15, 0.2) is 72.1 Å². The summed E-state index contributed by atoms with van der Waals surface area (Å²) >= 11 is 0. The Morgan fingerprint density at radius 3 is 2.07 bits per heavy atom. The predicted octanol–water partition coefficient (Wildman–Crippen LogP) is -0.937. The fourth-order valence-electron chi connectivity index (χ4n) is 4.45. The highest BCUT2D eigenvalue weighted by Gasteiger charge is 2.31. The second-order valence-electron chi connectivity index (χ2n) is 10.4. The molecule has 4 atom stereocenters. The lowest BCUT2D eigenvalue weighted by molar-refractivity contribution is -0.142. The van der Waals surface area contributed by atoms with Gasteiger partial charge in [0.1, 0.15) is 23.9 Å².